The standard InChI is InChI=1S/C12H15NO7S/c1-6-11(2-9(20-6)12(14)15)21(16,17)13-8-4-19-10-5-18-3-7(8)10/h2,7-8,10,13H,3-5H2,1H3,(H,14,15)/t7-,8+,10-/m0/s1. The second kappa shape index (κ2) is 5.09. The van der Waals surface area contributed by atoms with Crippen LogP contribution in [0.3, 0.4) is 0 Å². The molecule has 0 amide bonds. The van der Waals surface area contributed by atoms with Gasteiger partial charge >= 0.3 is 5.97 Å². The molecule has 1 aromatic rings. The number of aryl methyl sites for hydroxylation is 1. The highest BCUT2D eigenvalue weighted by molar-refractivity contribution is 7.89. The van der Waals surface area contributed by atoms with E-state index in [1.807, 2.05) is 0 Å². The molecule has 3 rings (SSSR count). The highest BCUT2D eigenvalue weighted by atomic mass is 32.2. The number of furan rings is 1. The molecule has 2 fully saturated rings. The van der Waals surface area contributed by atoms with Gasteiger partial charge in [0.2, 0.25) is 15.8 Å². The fraction of sp³-hybridized carbons (Fsp3) is 0.583. The van der Waals surface area contributed by atoms with Gasteiger partial charge in [-0.2, -0.15) is 0 Å². The smallest absolute Gasteiger partial charge is 0.371 e. The molecule has 0 spiro atoms. The van der Waals surface area contributed by atoms with E-state index in [9.17, 15) is 13.2 Å². The van der Waals surface area contributed by atoms with Crippen LogP contribution in [0.5, 0.6) is 0 Å². The number of rotatable bonds is 4. The van der Waals surface area contributed by atoms with Crippen LogP contribution in [-0.4, -0.2) is 51.5 Å². The number of sulfonamides is 1. The van der Waals surface area contributed by atoms with E-state index in [2.05, 4.69) is 4.72 Å². The fourth-order valence-corrected chi connectivity index (χ4v) is 4.12. The molecule has 9 heteroatoms. The van der Waals surface area contributed by atoms with Crippen molar-refractivity contribution in [3.05, 3.63) is 17.6 Å². The Bertz CT molecular complexity index is 665. The monoisotopic (exact) mass is 317 g/mol. The van der Waals surface area contributed by atoms with E-state index in [0.717, 1.165) is 6.07 Å². The zero-order valence-electron chi connectivity index (χ0n) is 11.2. The van der Waals surface area contributed by atoms with E-state index in [0.29, 0.717) is 13.2 Å². The zero-order valence-corrected chi connectivity index (χ0v) is 12.1. The van der Waals surface area contributed by atoms with Crippen molar-refractivity contribution in [2.24, 2.45) is 5.92 Å². The number of nitrogens with one attached hydrogen (secondary N) is 1. The molecule has 3 atom stereocenters. The van der Waals surface area contributed by atoms with E-state index < -0.39 is 21.8 Å². The van der Waals surface area contributed by atoms with Gasteiger partial charge in [-0.15, -0.1) is 0 Å². The number of carbonyl (C=O) groups is 1. The van der Waals surface area contributed by atoms with Crippen molar-refractivity contribution in [3.8, 4) is 0 Å². The average molecular weight is 317 g/mol. The minimum Gasteiger partial charge on any atom is -0.475 e. The molecule has 2 aliphatic rings. The summed E-state index contributed by atoms with van der Waals surface area (Å²) in [6.07, 6.45) is -0.0854. The lowest BCUT2D eigenvalue weighted by Crippen LogP contribution is -2.41. The second-order valence-electron chi connectivity index (χ2n) is 5.14. The molecule has 0 radical (unpaired) electrons. The van der Waals surface area contributed by atoms with Crippen molar-refractivity contribution >= 4 is 16.0 Å². The SMILES string of the molecule is Cc1oc(C(=O)O)cc1S(=O)(=O)N[C@@H]1CO[C@H]2COC[C@H]21. The topological polar surface area (TPSA) is 115 Å². The minimum atomic E-state index is -3.87. The lowest BCUT2D eigenvalue weighted by atomic mass is 10.0. The molecule has 2 aliphatic heterocycles. The summed E-state index contributed by atoms with van der Waals surface area (Å²) >= 11 is 0. The van der Waals surface area contributed by atoms with E-state index in [1.165, 1.54) is 6.92 Å². The van der Waals surface area contributed by atoms with E-state index in [4.69, 9.17) is 19.0 Å². The minimum absolute atomic E-state index is 0.0223. The summed E-state index contributed by atoms with van der Waals surface area (Å²) < 4.78 is 43.0. The van der Waals surface area contributed by atoms with Gasteiger partial charge in [0.05, 0.1) is 32.0 Å². The van der Waals surface area contributed by atoms with Crippen LogP contribution in [0.15, 0.2) is 15.4 Å². The number of hydrogen-bond acceptors (Lipinski definition) is 6. The third-order valence-electron chi connectivity index (χ3n) is 3.76. The summed E-state index contributed by atoms with van der Waals surface area (Å²) in [6.45, 7) is 2.60. The summed E-state index contributed by atoms with van der Waals surface area (Å²) in [7, 11) is -3.87. The zero-order chi connectivity index (χ0) is 15.2. The average Bonchev–Trinajstić information content (AvgIpc) is 3.06. The van der Waals surface area contributed by atoms with Gasteiger partial charge in [0, 0.05) is 12.0 Å². The molecule has 2 saturated heterocycles. The maximum absolute atomic E-state index is 12.4. The molecule has 0 aliphatic carbocycles. The molecular weight excluding hydrogens is 302 g/mol. The molecular formula is C12H15NO7S. The Labute approximate surface area is 121 Å². The number of hydrogen-bond donors (Lipinski definition) is 2. The number of carboxylic acids is 1. The first kappa shape index (κ1) is 14.5. The largest absolute Gasteiger partial charge is 0.475 e. The second-order valence-corrected chi connectivity index (χ2v) is 6.82. The van der Waals surface area contributed by atoms with Gasteiger partial charge in [0.15, 0.2) is 0 Å². The van der Waals surface area contributed by atoms with E-state index >= 15 is 0 Å². The van der Waals surface area contributed by atoms with E-state index in [-0.39, 0.29) is 35.3 Å². The van der Waals surface area contributed by atoms with Gasteiger partial charge in [0.25, 0.3) is 0 Å². The van der Waals surface area contributed by atoms with Gasteiger partial charge in [-0.05, 0) is 6.92 Å². The maximum atomic E-state index is 12.4. The summed E-state index contributed by atoms with van der Waals surface area (Å²) in [5, 5.41) is 8.85. The van der Waals surface area contributed by atoms with Crippen LogP contribution in [0.4, 0.5) is 0 Å². The molecule has 0 bridgehead atoms. The first-order chi connectivity index (χ1) is 9.88. The number of aromatic carboxylic acids is 1. The molecule has 116 valence electrons. The number of ether oxygens (including phenoxy) is 2. The van der Waals surface area contributed by atoms with Gasteiger partial charge < -0.3 is 19.0 Å². The van der Waals surface area contributed by atoms with Crippen molar-refractivity contribution in [1.82, 2.24) is 4.72 Å². The third-order valence-corrected chi connectivity index (χ3v) is 5.35. The van der Waals surface area contributed by atoms with Crippen molar-refractivity contribution < 1.29 is 32.2 Å². The number of fused-ring (bicyclic) bond motifs is 1. The molecule has 0 unspecified atom stereocenters. The van der Waals surface area contributed by atoms with E-state index in [1.54, 1.807) is 0 Å². The Morgan fingerprint density at radius 3 is 2.81 bits per heavy atom. The Kier molecular flexibility index (Phi) is 3.52. The Hall–Kier alpha value is -1.42. The molecule has 21 heavy (non-hydrogen) atoms. The summed E-state index contributed by atoms with van der Waals surface area (Å²) in [4.78, 5) is 10.7. The molecule has 8 nitrogen and oxygen atoms in total. The van der Waals surface area contributed by atoms with Gasteiger partial charge in [0.1, 0.15) is 10.7 Å². The Morgan fingerprint density at radius 1 is 1.38 bits per heavy atom. The van der Waals surface area contributed by atoms with Crippen molar-refractivity contribution in [1.29, 1.82) is 0 Å². The summed E-state index contributed by atoms with van der Waals surface area (Å²) in [6, 6.07) is 0.628. The van der Waals surface area contributed by atoms with Crippen LogP contribution < -0.4 is 4.72 Å². The van der Waals surface area contributed by atoms with Gasteiger partial charge in [-0.1, -0.05) is 0 Å². The molecule has 0 saturated carbocycles. The van der Waals surface area contributed by atoms with Crippen molar-refractivity contribution in [3.63, 3.8) is 0 Å². The summed E-state index contributed by atoms with van der Waals surface area (Å²) in [5.74, 6) is -1.70. The van der Waals surface area contributed by atoms with Crippen LogP contribution in [-0.2, 0) is 19.5 Å². The molecule has 3 heterocycles. The Morgan fingerprint density at radius 2 is 2.14 bits per heavy atom. The first-order valence-corrected chi connectivity index (χ1v) is 7.92. The lowest BCUT2D eigenvalue weighted by molar-refractivity contribution is 0.0661. The summed E-state index contributed by atoms with van der Waals surface area (Å²) in [5.41, 5.74) is 0. The lowest BCUT2D eigenvalue weighted by Gasteiger charge is -2.16. The quantitative estimate of drug-likeness (QED) is 0.801. The van der Waals surface area contributed by atoms with Crippen LogP contribution in [0.25, 0.3) is 0 Å². The van der Waals surface area contributed by atoms with Crippen LogP contribution in [0, 0.1) is 12.8 Å². The predicted molar refractivity (Wildman–Crippen MR) is 68.6 cm³/mol. The van der Waals surface area contributed by atoms with Gasteiger partial charge in [-0.3, -0.25) is 0 Å². The predicted octanol–water partition coefficient (Wildman–Crippen LogP) is -0.0217. The molecule has 1 aromatic heterocycles. The van der Waals surface area contributed by atoms with Crippen molar-refractivity contribution in [2.45, 2.75) is 24.0 Å². The van der Waals surface area contributed by atoms with Crippen LogP contribution in [0.2, 0.25) is 0 Å². The highest BCUT2D eigenvalue weighted by Gasteiger charge is 2.43. The molecule has 0 aromatic carbocycles. The highest BCUT2D eigenvalue weighted by Crippen LogP contribution is 2.29. The van der Waals surface area contributed by atoms with Crippen LogP contribution >= 0.6 is 0 Å². The fourth-order valence-electron chi connectivity index (χ4n) is 2.67. The van der Waals surface area contributed by atoms with Crippen LogP contribution in [0.1, 0.15) is 16.3 Å². The van der Waals surface area contributed by atoms with Gasteiger partial charge in [-0.25, -0.2) is 17.9 Å². The number of carboxylic acid groups (broad SMARTS) is 1. The Balaban J connectivity index is 1.82. The van der Waals surface area contributed by atoms with Crippen molar-refractivity contribution in [2.75, 3.05) is 19.8 Å². The third kappa shape index (κ3) is 2.57. The first-order valence-electron chi connectivity index (χ1n) is 6.44. The normalized spacial score (nSPS) is 28.7. The maximum Gasteiger partial charge on any atom is 0.371 e. The molecule has 2 N–H and O–H groups in total.